The summed E-state index contributed by atoms with van der Waals surface area (Å²) >= 11 is 0. The Balaban J connectivity index is 0.00000288. The third kappa shape index (κ3) is 4.95. The van der Waals surface area contributed by atoms with Gasteiger partial charge in [0.2, 0.25) is 0 Å². The Kier molecular flexibility index (Phi) is 10.1. The average Bonchev–Trinajstić information content (AvgIpc) is 2.55. The van der Waals surface area contributed by atoms with Crippen molar-refractivity contribution < 1.29 is 55.4 Å². The molecule has 152 valence electrons. The van der Waals surface area contributed by atoms with Crippen molar-refractivity contribution in [2.24, 2.45) is 5.73 Å². The van der Waals surface area contributed by atoms with Crippen LogP contribution >= 0.6 is 12.4 Å². The average molecular weight is 396 g/mol. The molecule has 0 saturated carbocycles. The summed E-state index contributed by atoms with van der Waals surface area (Å²) in [6.45, 7) is -1.26. The number of aliphatic hydroxyl groups excluding tert-OH is 7. The predicted octanol–water partition coefficient (Wildman–Crippen LogP) is -5.83. The standard InChI is InChI=1S/C12H23NO10.ClH.H2O/c13-5-7(17)10(4(2-15)21-11(5)20)23-12-9(19)8(18)6(16)3(1-14)22-12;;/h3-12,14-20H,1-2,13H2;1H;1H2/t3-,4-,5-,6+,7-,8+,9-,10-,11?,12+;;/m1../s1. The third-order valence-corrected chi connectivity index (χ3v) is 4.06. The van der Waals surface area contributed by atoms with Crippen molar-refractivity contribution in [3.63, 3.8) is 0 Å². The number of hydrogen-bond donors (Lipinski definition) is 8. The Morgan fingerprint density at radius 2 is 1.36 bits per heavy atom. The van der Waals surface area contributed by atoms with Crippen molar-refractivity contribution in [2.45, 2.75) is 61.3 Å². The van der Waals surface area contributed by atoms with Crippen LogP contribution < -0.4 is 5.73 Å². The number of halogens is 1. The third-order valence-electron chi connectivity index (χ3n) is 4.06. The van der Waals surface area contributed by atoms with E-state index in [1.165, 1.54) is 0 Å². The van der Waals surface area contributed by atoms with Gasteiger partial charge in [0.25, 0.3) is 0 Å². The van der Waals surface area contributed by atoms with E-state index in [-0.39, 0.29) is 17.9 Å². The molecule has 2 fully saturated rings. The van der Waals surface area contributed by atoms with Gasteiger partial charge in [0.05, 0.1) is 19.3 Å². The molecule has 0 bridgehead atoms. The van der Waals surface area contributed by atoms with E-state index in [1.54, 1.807) is 0 Å². The Morgan fingerprint density at radius 1 is 0.800 bits per heavy atom. The first-order chi connectivity index (χ1) is 10.8. The van der Waals surface area contributed by atoms with Gasteiger partial charge in [-0.1, -0.05) is 0 Å². The van der Waals surface area contributed by atoms with Crippen LogP contribution in [0.25, 0.3) is 0 Å². The van der Waals surface area contributed by atoms with Crippen molar-refractivity contribution in [1.29, 1.82) is 0 Å². The van der Waals surface area contributed by atoms with Gasteiger partial charge in [-0.3, -0.25) is 0 Å². The zero-order chi connectivity index (χ0) is 17.3. The number of rotatable bonds is 4. The van der Waals surface area contributed by atoms with Crippen molar-refractivity contribution in [1.82, 2.24) is 0 Å². The summed E-state index contributed by atoms with van der Waals surface area (Å²) in [5, 5.41) is 67.3. The molecule has 2 heterocycles. The Hall–Kier alpha value is -0.190. The summed E-state index contributed by atoms with van der Waals surface area (Å²) in [6, 6.07) is -1.23. The minimum absolute atomic E-state index is 0. The van der Waals surface area contributed by atoms with Crippen LogP contribution in [0.5, 0.6) is 0 Å². The van der Waals surface area contributed by atoms with E-state index in [2.05, 4.69) is 0 Å². The Labute approximate surface area is 149 Å². The summed E-state index contributed by atoms with van der Waals surface area (Å²) in [5.74, 6) is 0. The fourth-order valence-electron chi connectivity index (χ4n) is 2.60. The molecule has 13 heteroatoms. The van der Waals surface area contributed by atoms with Gasteiger partial charge in [-0.2, -0.15) is 0 Å². The molecule has 0 spiro atoms. The number of nitrogens with two attached hydrogens (primary N) is 1. The lowest BCUT2D eigenvalue weighted by molar-refractivity contribution is -0.344. The number of ether oxygens (including phenoxy) is 3. The van der Waals surface area contributed by atoms with Crippen molar-refractivity contribution in [2.75, 3.05) is 13.2 Å². The van der Waals surface area contributed by atoms with Crippen LogP contribution in [-0.2, 0) is 14.2 Å². The van der Waals surface area contributed by atoms with Gasteiger partial charge in [-0.25, -0.2) is 0 Å². The lowest BCUT2D eigenvalue weighted by Gasteiger charge is -2.45. The topological polar surface area (TPSA) is 227 Å². The maximum atomic E-state index is 10.1. The van der Waals surface area contributed by atoms with E-state index in [9.17, 15) is 30.6 Å². The molecule has 0 aliphatic carbocycles. The molecular formula is C12H26ClNO11. The molecule has 11 N–H and O–H groups in total. The van der Waals surface area contributed by atoms with Crippen LogP contribution in [0.2, 0.25) is 0 Å². The van der Waals surface area contributed by atoms with Gasteiger partial charge in [0.15, 0.2) is 12.6 Å². The molecule has 0 aromatic rings. The zero-order valence-corrected chi connectivity index (χ0v) is 13.8. The molecule has 0 aromatic heterocycles. The molecule has 2 aliphatic rings. The van der Waals surface area contributed by atoms with Crippen LogP contribution in [0.1, 0.15) is 0 Å². The summed E-state index contributed by atoms with van der Waals surface area (Å²) in [5.41, 5.74) is 5.55. The second-order valence-electron chi connectivity index (χ2n) is 5.61. The number of aliphatic hydroxyl groups is 7. The maximum absolute atomic E-state index is 10.1. The van der Waals surface area contributed by atoms with E-state index in [0.29, 0.717) is 0 Å². The molecule has 10 atom stereocenters. The highest BCUT2D eigenvalue weighted by atomic mass is 35.5. The first kappa shape index (κ1) is 24.8. The van der Waals surface area contributed by atoms with Gasteiger partial charge >= 0.3 is 0 Å². The van der Waals surface area contributed by atoms with E-state index in [4.69, 9.17) is 25.1 Å². The van der Waals surface area contributed by atoms with E-state index in [1.807, 2.05) is 0 Å². The molecule has 25 heavy (non-hydrogen) atoms. The fraction of sp³-hybridized carbons (Fsp3) is 1.00. The maximum Gasteiger partial charge on any atom is 0.187 e. The normalized spacial score (nSPS) is 47.5. The van der Waals surface area contributed by atoms with Crippen LogP contribution in [0.4, 0.5) is 0 Å². The molecule has 0 radical (unpaired) electrons. The zero-order valence-electron chi connectivity index (χ0n) is 13.0. The quantitative estimate of drug-likeness (QED) is 0.223. The highest BCUT2D eigenvalue weighted by molar-refractivity contribution is 5.85. The Bertz CT molecular complexity index is 390. The van der Waals surface area contributed by atoms with E-state index < -0.39 is 74.6 Å². The molecule has 0 amide bonds. The van der Waals surface area contributed by atoms with Gasteiger partial charge in [-0.05, 0) is 0 Å². The summed E-state index contributed by atoms with van der Waals surface area (Å²) in [4.78, 5) is 0. The molecular weight excluding hydrogens is 370 g/mol. The summed E-state index contributed by atoms with van der Waals surface area (Å²) in [6.07, 6.45) is -13.0. The predicted molar refractivity (Wildman–Crippen MR) is 81.4 cm³/mol. The lowest BCUT2D eigenvalue weighted by Crippen LogP contribution is -2.66. The minimum Gasteiger partial charge on any atom is -0.412 e. The first-order valence-electron chi connectivity index (χ1n) is 7.15. The van der Waals surface area contributed by atoms with Crippen LogP contribution in [0.3, 0.4) is 0 Å². The van der Waals surface area contributed by atoms with Gasteiger partial charge < -0.3 is 61.2 Å². The fourth-order valence-corrected chi connectivity index (χ4v) is 2.60. The lowest BCUT2D eigenvalue weighted by atomic mass is 9.96. The van der Waals surface area contributed by atoms with Crippen LogP contribution in [0, 0.1) is 0 Å². The van der Waals surface area contributed by atoms with Crippen molar-refractivity contribution in [3.8, 4) is 0 Å². The molecule has 2 aliphatic heterocycles. The van der Waals surface area contributed by atoms with Crippen LogP contribution in [-0.4, -0.2) is 116 Å². The summed E-state index contributed by atoms with van der Waals surface area (Å²) in [7, 11) is 0. The minimum atomic E-state index is -1.68. The Morgan fingerprint density at radius 3 is 1.88 bits per heavy atom. The molecule has 2 saturated heterocycles. The smallest absolute Gasteiger partial charge is 0.187 e. The highest BCUT2D eigenvalue weighted by Gasteiger charge is 2.49. The largest absolute Gasteiger partial charge is 0.412 e. The van der Waals surface area contributed by atoms with E-state index in [0.717, 1.165) is 0 Å². The highest BCUT2D eigenvalue weighted by Crippen LogP contribution is 2.27. The van der Waals surface area contributed by atoms with E-state index >= 15 is 0 Å². The van der Waals surface area contributed by atoms with Gasteiger partial charge in [0, 0.05) is 0 Å². The second-order valence-corrected chi connectivity index (χ2v) is 5.61. The molecule has 2 rings (SSSR count). The molecule has 1 unspecified atom stereocenters. The first-order valence-corrected chi connectivity index (χ1v) is 7.15. The SMILES string of the molecule is Cl.N[C@H]1C(O)O[C@H](CO)[C@@H](O[C@@H]2O[C@H](CO)[C@H](O)[C@H](O)[C@H]2O)[C@@H]1O.O. The van der Waals surface area contributed by atoms with Gasteiger partial charge in [-0.15, -0.1) is 12.4 Å². The molecule has 12 nitrogen and oxygen atoms in total. The van der Waals surface area contributed by atoms with Crippen LogP contribution in [0.15, 0.2) is 0 Å². The van der Waals surface area contributed by atoms with Gasteiger partial charge in [0.1, 0.15) is 42.7 Å². The van der Waals surface area contributed by atoms with Crippen molar-refractivity contribution in [3.05, 3.63) is 0 Å². The van der Waals surface area contributed by atoms with Crippen molar-refractivity contribution >= 4 is 12.4 Å². The summed E-state index contributed by atoms with van der Waals surface area (Å²) < 4.78 is 15.5. The monoisotopic (exact) mass is 395 g/mol. The second kappa shape index (κ2) is 10.2. The molecule has 0 aromatic carbocycles. The number of hydrogen-bond acceptors (Lipinski definition) is 11.